The fourth-order valence-corrected chi connectivity index (χ4v) is 2.11. The van der Waals surface area contributed by atoms with E-state index in [1.165, 1.54) is 10.7 Å². The van der Waals surface area contributed by atoms with Crippen molar-refractivity contribution < 1.29 is 15.0 Å². The van der Waals surface area contributed by atoms with Gasteiger partial charge >= 0.3 is 5.97 Å². The van der Waals surface area contributed by atoms with E-state index in [1.807, 2.05) is 6.92 Å². The van der Waals surface area contributed by atoms with Gasteiger partial charge in [-0.2, -0.15) is 5.10 Å². The Kier molecular flexibility index (Phi) is 3.13. The van der Waals surface area contributed by atoms with Crippen LogP contribution in [0.4, 0.5) is 0 Å². The summed E-state index contributed by atoms with van der Waals surface area (Å²) in [6.07, 6.45) is 0. The van der Waals surface area contributed by atoms with Gasteiger partial charge < -0.3 is 10.2 Å². The second kappa shape index (κ2) is 4.45. The van der Waals surface area contributed by atoms with E-state index in [1.54, 1.807) is 19.2 Å². The van der Waals surface area contributed by atoms with E-state index in [0.29, 0.717) is 10.2 Å². The number of aromatic hydroxyl groups is 1. The van der Waals surface area contributed by atoms with Crippen LogP contribution in [0, 0.1) is 6.92 Å². The number of aromatic carboxylic acids is 1. The van der Waals surface area contributed by atoms with Crippen LogP contribution >= 0.6 is 15.9 Å². The number of phenolic OH excluding ortho intramolecular Hbond substituents is 1. The average Bonchev–Trinajstić information content (AvgIpc) is 2.66. The minimum absolute atomic E-state index is 0.00361. The molecule has 1 aromatic carbocycles. The van der Waals surface area contributed by atoms with Gasteiger partial charge in [-0.15, -0.1) is 0 Å². The first kappa shape index (κ1) is 12.6. The predicted molar refractivity (Wildman–Crippen MR) is 69.7 cm³/mol. The Balaban J connectivity index is 2.62. The van der Waals surface area contributed by atoms with E-state index in [9.17, 15) is 9.90 Å². The molecule has 0 atom stereocenters. The number of nitrogens with zero attached hydrogens (tertiary/aromatic N) is 2. The maximum Gasteiger partial charge on any atom is 0.356 e. The number of aromatic nitrogens is 2. The lowest BCUT2D eigenvalue weighted by molar-refractivity contribution is 0.0689. The fraction of sp³-hybridized carbons (Fsp3) is 0.167. The molecule has 0 fully saturated rings. The van der Waals surface area contributed by atoms with E-state index in [4.69, 9.17) is 5.11 Å². The van der Waals surface area contributed by atoms with Crippen molar-refractivity contribution in [2.24, 2.45) is 7.05 Å². The standard InChI is InChI=1S/C12H11BrN2O3/c1-6-3-11(16)8(13)4-7(6)10-5-9(12(17)18)14-15(10)2/h3-5,16H,1-2H3,(H,17,18). The van der Waals surface area contributed by atoms with Crippen LogP contribution in [0.15, 0.2) is 22.7 Å². The Bertz CT molecular complexity index is 634. The molecule has 2 aromatic rings. The molecule has 5 nitrogen and oxygen atoms in total. The Hall–Kier alpha value is -1.82. The van der Waals surface area contributed by atoms with Crippen LogP contribution in [0.3, 0.4) is 0 Å². The first-order chi connectivity index (χ1) is 8.40. The maximum absolute atomic E-state index is 10.9. The van der Waals surface area contributed by atoms with Crippen molar-refractivity contribution >= 4 is 21.9 Å². The summed E-state index contributed by atoms with van der Waals surface area (Å²) in [5.41, 5.74) is 2.35. The molecule has 2 N–H and O–H groups in total. The molecule has 1 heterocycles. The number of benzene rings is 1. The number of phenols is 1. The highest BCUT2D eigenvalue weighted by Crippen LogP contribution is 2.33. The normalized spacial score (nSPS) is 10.6. The lowest BCUT2D eigenvalue weighted by atomic mass is 10.1. The van der Waals surface area contributed by atoms with Gasteiger partial charge in [0.25, 0.3) is 0 Å². The van der Waals surface area contributed by atoms with E-state index in [-0.39, 0.29) is 11.4 Å². The van der Waals surface area contributed by atoms with E-state index >= 15 is 0 Å². The fourth-order valence-electron chi connectivity index (χ4n) is 1.77. The summed E-state index contributed by atoms with van der Waals surface area (Å²) in [6.45, 7) is 1.84. The zero-order chi connectivity index (χ0) is 13.4. The van der Waals surface area contributed by atoms with Gasteiger partial charge in [0.15, 0.2) is 5.69 Å². The van der Waals surface area contributed by atoms with E-state index < -0.39 is 5.97 Å². The van der Waals surface area contributed by atoms with Crippen molar-refractivity contribution in [3.63, 3.8) is 0 Å². The number of rotatable bonds is 2. The molecular formula is C12H11BrN2O3. The molecule has 0 saturated heterocycles. The Labute approximate surface area is 112 Å². The van der Waals surface area contributed by atoms with Crippen molar-refractivity contribution in [3.05, 3.63) is 33.9 Å². The molecule has 0 aliphatic carbocycles. The summed E-state index contributed by atoms with van der Waals surface area (Å²) >= 11 is 3.24. The summed E-state index contributed by atoms with van der Waals surface area (Å²) in [5, 5.41) is 22.4. The van der Waals surface area contributed by atoms with Gasteiger partial charge in [0.1, 0.15) is 5.75 Å². The Morgan fingerprint density at radius 2 is 2.06 bits per heavy atom. The molecule has 0 radical (unpaired) electrons. The third-order valence-corrected chi connectivity index (χ3v) is 3.30. The number of halogens is 1. The zero-order valence-electron chi connectivity index (χ0n) is 9.81. The summed E-state index contributed by atoms with van der Waals surface area (Å²) in [6, 6.07) is 4.87. The molecule has 0 unspecified atom stereocenters. The summed E-state index contributed by atoms with van der Waals surface area (Å²) < 4.78 is 2.07. The molecule has 2 rings (SSSR count). The second-order valence-corrected chi connectivity index (χ2v) is 4.82. The highest BCUT2D eigenvalue weighted by Gasteiger charge is 2.15. The van der Waals surface area contributed by atoms with Crippen LogP contribution in [0.2, 0.25) is 0 Å². The first-order valence-corrected chi connectivity index (χ1v) is 5.96. The highest BCUT2D eigenvalue weighted by molar-refractivity contribution is 9.10. The minimum Gasteiger partial charge on any atom is -0.507 e. The third kappa shape index (κ3) is 2.11. The molecule has 0 aliphatic rings. The number of aryl methyl sites for hydroxylation is 2. The van der Waals surface area contributed by atoms with Gasteiger partial charge in [0, 0.05) is 12.6 Å². The number of hydrogen-bond donors (Lipinski definition) is 2. The largest absolute Gasteiger partial charge is 0.507 e. The lowest BCUT2D eigenvalue weighted by Crippen LogP contribution is -1.99. The summed E-state index contributed by atoms with van der Waals surface area (Å²) in [4.78, 5) is 10.9. The van der Waals surface area contributed by atoms with Crippen molar-refractivity contribution in [1.82, 2.24) is 9.78 Å². The molecule has 18 heavy (non-hydrogen) atoms. The number of hydrogen-bond acceptors (Lipinski definition) is 3. The van der Waals surface area contributed by atoms with Gasteiger partial charge in [-0.3, -0.25) is 4.68 Å². The number of carboxylic acids is 1. The van der Waals surface area contributed by atoms with Gasteiger partial charge in [-0.1, -0.05) is 0 Å². The highest BCUT2D eigenvalue weighted by atomic mass is 79.9. The quantitative estimate of drug-likeness (QED) is 0.894. The van der Waals surface area contributed by atoms with Gasteiger partial charge in [-0.05, 0) is 46.6 Å². The molecule has 0 saturated carbocycles. The molecule has 0 spiro atoms. The second-order valence-electron chi connectivity index (χ2n) is 3.96. The number of carbonyl (C=O) groups is 1. The van der Waals surface area contributed by atoms with Gasteiger partial charge in [0.05, 0.1) is 10.2 Å². The molecule has 1 aromatic heterocycles. The zero-order valence-corrected chi connectivity index (χ0v) is 11.4. The minimum atomic E-state index is -1.06. The molecule has 6 heteroatoms. The molecule has 0 amide bonds. The van der Waals surface area contributed by atoms with Gasteiger partial charge in [-0.25, -0.2) is 4.79 Å². The number of carboxylic acid groups (broad SMARTS) is 1. The first-order valence-electron chi connectivity index (χ1n) is 5.17. The lowest BCUT2D eigenvalue weighted by Gasteiger charge is -2.08. The smallest absolute Gasteiger partial charge is 0.356 e. The summed E-state index contributed by atoms with van der Waals surface area (Å²) in [7, 11) is 1.68. The van der Waals surface area contributed by atoms with Crippen LogP contribution in [0.1, 0.15) is 16.1 Å². The maximum atomic E-state index is 10.9. The van der Waals surface area contributed by atoms with Crippen molar-refractivity contribution in [1.29, 1.82) is 0 Å². The van der Waals surface area contributed by atoms with Crippen molar-refractivity contribution in [2.75, 3.05) is 0 Å². The molecule has 0 aliphatic heterocycles. The van der Waals surface area contributed by atoms with Crippen LogP contribution in [0.5, 0.6) is 5.75 Å². The monoisotopic (exact) mass is 310 g/mol. The molecule has 94 valence electrons. The van der Waals surface area contributed by atoms with Crippen LogP contribution < -0.4 is 0 Å². The van der Waals surface area contributed by atoms with Crippen molar-refractivity contribution in [2.45, 2.75) is 6.92 Å². The van der Waals surface area contributed by atoms with Crippen molar-refractivity contribution in [3.8, 4) is 17.0 Å². The SMILES string of the molecule is Cc1cc(O)c(Br)cc1-c1cc(C(=O)O)nn1C. The van der Waals surface area contributed by atoms with Crippen LogP contribution in [0.25, 0.3) is 11.3 Å². The third-order valence-electron chi connectivity index (χ3n) is 2.67. The van der Waals surface area contributed by atoms with Gasteiger partial charge in [0.2, 0.25) is 0 Å². The Morgan fingerprint density at radius 3 is 2.61 bits per heavy atom. The van der Waals surface area contributed by atoms with E-state index in [0.717, 1.165) is 11.1 Å². The van der Waals surface area contributed by atoms with E-state index in [2.05, 4.69) is 21.0 Å². The average molecular weight is 311 g/mol. The molecular weight excluding hydrogens is 300 g/mol. The predicted octanol–water partition coefficient (Wildman–Crippen LogP) is 2.56. The Morgan fingerprint density at radius 1 is 1.39 bits per heavy atom. The van der Waals surface area contributed by atoms with Crippen LogP contribution in [-0.2, 0) is 7.05 Å². The van der Waals surface area contributed by atoms with Crippen LogP contribution in [-0.4, -0.2) is 26.0 Å². The topological polar surface area (TPSA) is 75.3 Å². The summed E-state index contributed by atoms with van der Waals surface area (Å²) in [5.74, 6) is -0.913. The molecule has 0 bridgehead atoms.